The number of carbonyl (C=O) groups is 2. The van der Waals surface area contributed by atoms with Gasteiger partial charge in [-0.1, -0.05) is 31.5 Å². The van der Waals surface area contributed by atoms with Crippen LogP contribution >= 0.6 is 0 Å². The predicted molar refractivity (Wildman–Crippen MR) is 105 cm³/mol. The lowest BCUT2D eigenvalue weighted by atomic mass is 9.75. The highest BCUT2D eigenvalue weighted by molar-refractivity contribution is 5.94. The Hall–Kier alpha value is -1.88. The number of benzene rings is 1. The number of hydrogen-bond acceptors (Lipinski definition) is 3. The van der Waals surface area contributed by atoms with Crippen molar-refractivity contribution >= 4 is 11.8 Å². The van der Waals surface area contributed by atoms with Crippen molar-refractivity contribution < 1.29 is 9.59 Å². The van der Waals surface area contributed by atoms with E-state index in [0.717, 1.165) is 44.6 Å². The van der Waals surface area contributed by atoms with E-state index in [4.69, 9.17) is 0 Å². The van der Waals surface area contributed by atoms with Gasteiger partial charge in [-0.25, -0.2) is 0 Å². The van der Waals surface area contributed by atoms with Crippen LogP contribution in [0, 0.1) is 11.8 Å². The van der Waals surface area contributed by atoms with Crippen molar-refractivity contribution in [3.8, 4) is 0 Å². The summed E-state index contributed by atoms with van der Waals surface area (Å²) in [4.78, 5) is 29.9. The lowest BCUT2D eigenvalue weighted by Crippen LogP contribution is -2.56. The Labute approximate surface area is 162 Å². The average Bonchev–Trinajstić information content (AvgIpc) is 3.24. The predicted octanol–water partition coefficient (Wildman–Crippen LogP) is 2.53. The maximum Gasteiger partial charge on any atom is 0.253 e. The molecule has 1 N–H and O–H groups in total. The highest BCUT2D eigenvalue weighted by atomic mass is 16.2. The van der Waals surface area contributed by atoms with Gasteiger partial charge in [0.15, 0.2) is 0 Å². The normalized spacial score (nSPS) is 28.2. The van der Waals surface area contributed by atoms with E-state index < -0.39 is 0 Å². The quantitative estimate of drug-likeness (QED) is 0.887. The molecule has 0 saturated carbocycles. The van der Waals surface area contributed by atoms with Crippen molar-refractivity contribution in [2.75, 3.05) is 26.2 Å². The highest BCUT2D eigenvalue weighted by Crippen LogP contribution is 2.44. The standard InChI is InChI=1S/C22H31N3O2/c1-3-7-16(2)25-14-18-19(15-25)22(23-20(18)26)10-12-24(13-11-22)21(27)17-8-5-4-6-9-17/h4-6,8-9,16,18-19H,3,7,10-15H2,1-2H3,(H,23,26)/t16-,18-,19+/m1/s1. The summed E-state index contributed by atoms with van der Waals surface area (Å²) >= 11 is 0. The maximum atomic E-state index is 12.7. The van der Waals surface area contributed by atoms with E-state index in [9.17, 15) is 9.59 Å². The molecule has 1 aromatic carbocycles. The first-order valence-corrected chi connectivity index (χ1v) is 10.4. The zero-order valence-electron chi connectivity index (χ0n) is 16.5. The molecule has 3 aliphatic rings. The molecule has 3 fully saturated rings. The van der Waals surface area contributed by atoms with Gasteiger partial charge in [-0.2, -0.15) is 0 Å². The van der Waals surface area contributed by atoms with Crippen molar-refractivity contribution in [2.45, 2.75) is 51.1 Å². The van der Waals surface area contributed by atoms with E-state index in [0.29, 0.717) is 12.0 Å². The maximum absolute atomic E-state index is 12.7. The topological polar surface area (TPSA) is 52.7 Å². The number of nitrogens with one attached hydrogen (secondary N) is 1. The molecular formula is C22H31N3O2. The van der Waals surface area contributed by atoms with Crippen LogP contribution in [-0.4, -0.2) is 59.4 Å². The summed E-state index contributed by atoms with van der Waals surface area (Å²) < 4.78 is 0. The number of hydrogen-bond donors (Lipinski definition) is 1. The molecule has 4 rings (SSSR count). The van der Waals surface area contributed by atoms with Gasteiger partial charge < -0.3 is 10.2 Å². The van der Waals surface area contributed by atoms with Crippen LogP contribution in [0.2, 0.25) is 0 Å². The lowest BCUT2D eigenvalue weighted by molar-refractivity contribution is -0.123. The molecule has 0 aliphatic carbocycles. The van der Waals surface area contributed by atoms with Crippen LogP contribution in [0.4, 0.5) is 0 Å². The molecule has 1 spiro atoms. The van der Waals surface area contributed by atoms with Gasteiger partial charge in [-0.05, 0) is 38.3 Å². The molecule has 0 unspecified atom stereocenters. The molecule has 5 nitrogen and oxygen atoms in total. The fraction of sp³-hybridized carbons (Fsp3) is 0.636. The van der Waals surface area contributed by atoms with Crippen LogP contribution in [0.25, 0.3) is 0 Å². The van der Waals surface area contributed by atoms with Crippen LogP contribution in [0.5, 0.6) is 0 Å². The summed E-state index contributed by atoms with van der Waals surface area (Å²) in [5, 5.41) is 3.36. The molecule has 0 radical (unpaired) electrons. The first-order valence-electron chi connectivity index (χ1n) is 10.4. The molecule has 5 heteroatoms. The summed E-state index contributed by atoms with van der Waals surface area (Å²) in [6.07, 6.45) is 4.11. The van der Waals surface area contributed by atoms with Gasteiger partial charge >= 0.3 is 0 Å². The van der Waals surface area contributed by atoms with E-state index in [1.54, 1.807) is 0 Å². The Bertz CT molecular complexity index is 697. The van der Waals surface area contributed by atoms with Crippen molar-refractivity contribution in [2.24, 2.45) is 11.8 Å². The highest BCUT2D eigenvalue weighted by Gasteiger charge is 2.57. The first kappa shape index (κ1) is 18.5. The average molecular weight is 370 g/mol. The molecule has 0 aromatic heterocycles. The molecule has 146 valence electrons. The second-order valence-corrected chi connectivity index (χ2v) is 8.61. The number of rotatable bonds is 4. The van der Waals surface area contributed by atoms with Gasteiger partial charge in [0.25, 0.3) is 5.91 Å². The van der Waals surface area contributed by atoms with E-state index in [-0.39, 0.29) is 23.3 Å². The fourth-order valence-electron chi connectivity index (χ4n) is 5.42. The number of nitrogens with zero attached hydrogens (tertiary/aromatic N) is 2. The number of fused-ring (bicyclic) bond motifs is 2. The second-order valence-electron chi connectivity index (χ2n) is 8.61. The molecular weight excluding hydrogens is 338 g/mol. The van der Waals surface area contributed by atoms with Crippen molar-refractivity contribution in [1.29, 1.82) is 0 Å². The fourth-order valence-corrected chi connectivity index (χ4v) is 5.42. The summed E-state index contributed by atoms with van der Waals surface area (Å²) in [6, 6.07) is 10.1. The third-order valence-corrected chi connectivity index (χ3v) is 7.06. The zero-order valence-corrected chi connectivity index (χ0v) is 16.5. The van der Waals surface area contributed by atoms with Crippen LogP contribution in [-0.2, 0) is 4.79 Å². The van der Waals surface area contributed by atoms with Crippen LogP contribution < -0.4 is 5.32 Å². The largest absolute Gasteiger partial charge is 0.350 e. The molecule has 3 atom stereocenters. The zero-order chi connectivity index (χ0) is 19.0. The molecule has 3 saturated heterocycles. The summed E-state index contributed by atoms with van der Waals surface area (Å²) in [7, 11) is 0. The van der Waals surface area contributed by atoms with Gasteiger partial charge in [0, 0.05) is 49.2 Å². The van der Waals surface area contributed by atoms with Crippen molar-refractivity contribution in [3.05, 3.63) is 35.9 Å². The van der Waals surface area contributed by atoms with Crippen LogP contribution in [0.15, 0.2) is 30.3 Å². The van der Waals surface area contributed by atoms with Crippen LogP contribution in [0.3, 0.4) is 0 Å². The molecule has 2 amide bonds. The number of piperidine rings is 1. The first-order chi connectivity index (χ1) is 13.0. The van der Waals surface area contributed by atoms with Gasteiger partial charge in [-0.15, -0.1) is 0 Å². The molecule has 0 bridgehead atoms. The Morgan fingerprint density at radius 3 is 2.59 bits per heavy atom. The van der Waals surface area contributed by atoms with Gasteiger partial charge in [0.1, 0.15) is 0 Å². The Balaban J connectivity index is 1.43. The third kappa shape index (κ3) is 3.27. The lowest BCUT2D eigenvalue weighted by Gasteiger charge is -2.43. The number of likely N-dealkylation sites (tertiary alicyclic amines) is 2. The second kappa shape index (κ2) is 7.27. The summed E-state index contributed by atoms with van der Waals surface area (Å²) in [6.45, 7) is 7.87. The van der Waals surface area contributed by atoms with E-state index in [1.807, 2.05) is 35.2 Å². The number of carbonyl (C=O) groups excluding carboxylic acids is 2. The Morgan fingerprint density at radius 2 is 1.93 bits per heavy atom. The number of amides is 2. The van der Waals surface area contributed by atoms with Gasteiger partial charge in [-0.3, -0.25) is 14.5 Å². The van der Waals surface area contributed by atoms with E-state index in [2.05, 4.69) is 24.1 Å². The monoisotopic (exact) mass is 369 g/mol. The van der Waals surface area contributed by atoms with Crippen molar-refractivity contribution in [1.82, 2.24) is 15.1 Å². The Morgan fingerprint density at radius 1 is 1.22 bits per heavy atom. The SMILES string of the molecule is CCC[C@@H](C)N1C[C@H]2C(=O)NC3(CCN(C(=O)c4ccccc4)CC3)[C@H]2C1. The van der Waals surface area contributed by atoms with Gasteiger partial charge in [0.05, 0.1) is 5.92 Å². The molecule has 3 heterocycles. The smallest absolute Gasteiger partial charge is 0.253 e. The summed E-state index contributed by atoms with van der Waals surface area (Å²) in [5.41, 5.74) is 0.637. The van der Waals surface area contributed by atoms with Crippen molar-refractivity contribution in [3.63, 3.8) is 0 Å². The van der Waals surface area contributed by atoms with E-state index >= 15 is 0 Å². The molecule has 3 aliphatic heterocycles. The van der Waals surface area contributed by atoms with Crippen LogP contribution in [0.1, 0.15) is 49.9 Å². The van der Waals surface area contributed by atoms with E-state index in [1.165, 1.54) is 12.8 Å². The summed E-state index contributed by atoms with van der Waals surface area (Å²) in [5.74, 6) is 0.851. The minimum absolute atomic E-state index is 0.107. The molecule has 27 heavy (non-hydrogen) atoms. The minimum Gasteiger partial charge on any atom is -0.350 e. The van der Waals surface area contributed by atoms with Gasteiger partial charge in [0.2, 0.25) is 5.91 Å². The molecule has 1 aromatic rings. The Kier molecular flexibility index (Phi) is 4.97. The third-order valence-electron chi connectivity index (χ3n) is 7.06. The minimum atomic E-state index is -0.115.